The quantitative estimate of drug-likeness (QED) is 0.771. The number of piperidine rings is 1. The third kappa shape index (κ3) is 4.61. The SMILES string of the molecule is Cc1ccc(OC[C@@H]2CCCN(C(=O)c3cccc(N4CCCC4=O)c3)C2)cc1. The van der Waals surface area contributed by atoms with Crippen LogP contribution in [0.25, 0.3) is 0 Å². The van der Waals surface area contributed by atoms with Crippen molar-refractivity contribution in [1.29, 1.82) is 0 Å². The third-order valence-electron chi connectivity index (χ3n) is 5.79. The Morgan fingerprint density at radius 3 is 2.69 bits per heavy atom. The van der Waals surface area contributed by atoms with Gasteiger partial charge in [-0.25, -0.2) is 0 Å². The van der Waals surface area contributed by atoms with Crippen molar-refractivity contribution >= 4 is 17.5 Å². The molecule has 0 spiro atoms. The summed E-state index contributed by atoms with van der Waals surface area (Å²) in [5.41, 5.74) is 2.70. The Bertz CT molecular complexity index is 878. The molecule has 2 heterocycles. The predicted molar refractivity (Wildman–Crippen MR) is 113 cm³/mol. The summed E-state index contributed by atoms with van der Waals surface area (Å²) in [5.74, 6) is 1.39. The Balaban J connectivity index is 1.38. The minimum Gasteiger partial charge on any atom is -0.493 e. The van der Waals surface area contributed by atoms with E-state index < -0.39 is 0 Å². The van der Waals surface area contributed by atoms with E-state index in [-0.39, 0.29) is 11.8 Å². The van der Waals surface area contributed by atoms with Crippen LogP contribution in [-0.2, 0) is 4.79 Å². The van der Waals surface area contributed by atoms with Crippen LogP contribution in [0.15, 0.2) is 48.5 Å². The molecule has 0 bridgehead atoms. The first kappa shape index (κ1) is 19.5. The molecule has 2 aromatic rings. The summed E-state index contributed by atoms with van der Waals surface area (Å²) in [4.78, 5) is 28.8. The molecule has 2 aromatic carbocycles. The van der Waals surface area contributed by atoms with Gasteiger partial charge in [-0.2, -0.15) is 0 Å². The molecule has 0 saturated carbocycles. The van der Waals surface area contributed by atoms with Gasteiger partial charge in [-0.3, -0.25) is 9.59 Å². The molecule has 152 valence electrons. The Morgan fingerprint density at radius 2 is 1.93 bits per heavy atom. The van der Waals surface area contributed by atoms with Gasteiger partial charge < -0.3 is 14.5 Å². The molecule has 4 rings (SSSR count). The maximum atomic E-state index is 13.1. The first-order valence-electron chi connectivity index (χ1n) is 10.5. The lowest BCUT2D eigenvalue weighted by molar-refractivity contribution is -0.117. The van der Waals surface area contributed by atoms with E-state index in [4.69, 9.17) is 4.74 Å². The fraction of sp³-hybridized carbons (Fsp3) is 0.417. The summed E-state index contributed by atoms with van der Waals surface area (Å²) < 4.78 is 5.95. The van der Waals surface area contributed by atoms with Gasteiger partial charge in [-0.15, -0.1) is 0 Å². The lowest BCUT2D eigenvalue weighted by Gasteiger charge is -2.33. The molecule has 2 saturated heterocycles. The summed E-state index contributed by atoms with van der Waals surface area (Å²) in [7, 11) is 0. The van der Waals surface area contributed by atoms with Crippen LogP contribution in [0.1, 0.15) is 41.6 Å². The number of likely N-dealkylation sites (tertiary alicyclic amines) is 1. The normalized spacial score (nSPS) is 19.5. The van der Waals surface area contributed by atoms with Crippen molar-refractivity contribution in [2.75, 3.05) is 31.1 Å². The van der Waals surface area contributed by atoms with Gasteiger partial charge in [-0.1, -0.05) is 23.8 Å². The number of amides is 2. The van der Waals surface area contributed by atoms with E-state index in [0.29, 0.717) is 31.1 Å². The van der Waals surface area contributed by atoms with Crippen molar-refractivity contribution in [2.24, 2.45) is 5.92 Å². The number of nitrogens with zero attached hydrogens (tertiary/aromatic N) is 2. The average Bonchev–Trinajstić information content (AvgIpc) is 3.19. The van der Waals surface area contributed by atoms with Crippen LogP contribution in [0.5, 0.6) is 5.75 Å². The van der Waals surface area contributed by atoms with Crippen molar-refractivity contribution in [3.05, 3.63) is 59.7 Å². The third-order valence-corrected chi connectivity index (χ3v) is 5.79. The Hall–Kier alpha value is -2.82. The molecule has 0 aromatic heterocycles. The van der Waals surface area contributed by atoms with Crippen LogP contribution in [0, 0.1) is 12.8 Å². The number of rotatable bonds is 5. The molecule has 0 N–H and O–H groups in total. The minimum atomic E-state index is 0.0403. The zero-order valence-corrected chi connectivity index (χ0v) is 17.0. The fourth-order valence-corrected chi connectivity index (χ4v) is 4.14. The van der Waals surface area contributed by atoms with E-state index in [1.54, 1.807) is 4.90 Å². The molecular weight excluding hydrogens is 364 g/mol. The lowest BCUT2D eigenvalue weighted by atomic mass is 9.98. The van der Waals surface area contributed by atoms with Gasteiger partial charge in [0.05, 0.1) is 6.61 Å². The van der Waals surface area contributed by atoms with Crippen LogP contribution in [-0.4, -0.2) is 43.0 Å². The van der Waals surface area contributed by atoms with E-state index in [9.17, 15) is 9.59 Å². The molecule has 2 aliphatic heterocycles. The van der Waals surface area contributed by atoms with Crippen molar-refractivity contribution in [2.45, 2.75) is 32.6 Å². The van der Waals surface area contributed by atoms with E-state index in [1.165, 1.54) is 5.56 Å². The van der Waals surface area contributed by atoms with Gasteiger partial charge in [0.1, 0.15) is 5.75 Å². The smallest absolute Gasteiger partial charge is 0.253 e. The molecule has 5 nitrogen and oxygen atoms in total. The second-order valence-corrected chi connectivity index (χ2v) is 8.08. The number of carbonyl (C=O) groups excluding carboxylic acids is 2. The lowest BCUT2D eigenvalue weighted by Crippen LogP contribution is -2.41. The van der Waals surface area contributed by atoms with Crippen molar-refractivity contribution < 1.29 is 14.3 Å². The van der Waals surface area contributed by atoms with Gasteiger partial charge in [0.2, 0.25) is 5.91 Å². The molecule has 1 atom stereocenters. The number of hydrogen-bond donors (Lipinski definition) is 0. The van der Waals surface area contributed by atoms with E-state index >= 15 is 0 Å². The standard InChI is InChI=1S/C24H28N2O3/c1-18-9-11-22(12-10-18)29-17-19-5-3-13-25(16-19)24(28)20-6-2-7-21(15-20)26-14-4-8-23(26)27/h2,6-7,9-12,15,19H,3-5,8,13-14,16-17H2,1H3/t19-/m1/s1. The van der Waals surface area contributed by atoms with Gasteiger partial charge in [0.15, 0.2) is 0 Å². The summed E-state index contributed by atoms with van der Waals surface area (Å²) in [6, 6.07) is 15.6. The zero-order chi connectivity index (χ0) is 20.2. The molecule has 29 heavy (non-hydrogen) atoms. The largest absolute Gasteiger partial charge is 0.493 e. The molecule has 0 radical (unpaired) electrons. The summed E-state index contributed by atoms with van der Waals surface area (Å²) in [6.07, 6.45) is 3.52. The highest BCUT2D eigenvalue weighted by Crippen LogP contribution is 2.25. The zero-order valence-electron chi connectivity index (χ0n) is 17.0. The number of hydrogen-bond acceptors (Lipinski definition) is 3. The second-order valence-electron chi connectivity index (χ2n) is 8.08. The second kappa shape index (κ2) is 8.68. The number of ether oxygens (including phenoxy) is 1. The molecular formula is C24H28N2O3. The molecule has 0 unspecified atom stereocenters. The highest BCUT2D eigenvalue weighted by molar-refractivity contribution is 5.99. The van der Waals surface area contributed by atoms with E-state index in [1.807, 2.05) is 53.4 Å². The number of carbonyl (C=O) groups is 2. The number of aryl methyl sites for hydroxylation is 1. The summed E-state index contributed by atoms with van der Waals surface area (Å²) in [6.45, 7) is 4.89. The van der Waals surface area contributed by atoms with Crippen molar-refractivity contribution in [3.63, 3.8) is 0 Å². The Labute approximate surface area is 172 Å². The summed E-state index contributed by atoms with van der Waals surface area (Å²) in [5, 5.41) is 0. The van der Waals surface area contributed by atoms with Crippen LogP contribution in [0.4, 0.5) is 5.69 Å². The maximum Gasteiger partial charge on any atom is 0.253 e. The van der Waals surface area contributed by atoms with E-state index in [2.05, 4.69) is 6.92 Å². The molecule has 2 amide bonds. The maximum absolute atomic E-state index is 13.1. The molecule has 0 aliphatic carbocycles. The van der Waals surface area contributed by atoms with Crippen molar-refractivity contribution in [3.8, 4) is 5.75 Å². The van der Waals surface area contributed by atoms with Gasteiger partial charge in [0.25, 0.3) is 5.91 Å². The minimum absolute atomic E-state index is 0.0403. The monoisotopic (exact) mass is 392 g/mol. The van der Waals surface area contributed by atoms with Gasteiger partial charge in [0, 0.05) is 43.2 Å². The van der Waals surface area contributed by atoms with Crippen molar-refractivity contribution in [1.82, 2.24) is 4.90 Å². The van der Waals surface area contributed by atoms with Gasteiger partial charge >= 0.3 is 0 Å². The fourth-order valence-electron chi connectivity index (χ4n) is 4.14. The average molecular weight is 392 g/mol. The van der Waals surface area contributed by atoms with Crippen LogP contribution in [0.2, 0.25) is 0 Å². The van der Waals surface area contributed by atoms with Gasteiger partial charge in [-0.05, 0) is 56.5 Å². The summed E-state index contributed by atoms with van der Waals surface area (Å²) >= 11 is 0. The molecule has 5 heteroatoms. The topological polar surface area (TPSA) is 49.9 Å². The van der Waals surface area contributed by atoms with Crippen LogP contribution in [0.3, 0.4) is 0 Å². The highest BCUT2D eigenvalue weighted by atomic mass is 16.5. The van der Waals surface area contributed by atoms with Crippen LogP contribution >= 0.6 is 0 Å². The van der Waals surface area contributed by atoms with E-state index in [0.717, 1.165) is 43.8 Å². The predicted octanol–water partition coefficient (Wildman–Crippen LogP) is 4.05. The number of benzene rings is 2. The highest BCUT2D eigenvalue weighted by Gasteiger charge is 2.26. The Kier molecular flexibility index (Phi) is 5.84. The number of anilines is 1. The Morgan fingerprint density at radius 1 is 1.10 bits per heavy atom. The molecule has 2 aliphatic rings. The van der Waals surface area contributed by atoms with Crippen LogP contribution < -0.4 is 9.64 Å². The first-order valence-corrected chi connectivity index (χ1v) is 10.5. The first-order chi connectivity index (χ1) is 14.1. The molecule has 2 fully saturated rings.